The third-order valence-corrected chi connectivity index (χ3v) is 3.84. The van der Waals surface area contributed by atoms with Crippen molar-refractivity contribution in [2.24, 2.45) is 11.7 Å². The molecule has 2 unspecified atom stereocenters. The molecule has 0 bridgehead atoms. The maximum atomic E-state index is 12.7. The number of hydrogen-bond donors (Lipinski definition) is 1. The van der Waals surface area contributed by atoms with Crippen LogP contribution in [0, 0.1) is 12.8 Å². The van der Waals surface area contributed by atoms with E-state index in [4.69, 9.17) is 10.5 Å². The molecule has 0 radical (unpaired) electrons. The van der Waals surface area contributed by atoms with Crippen LogP contribution in [0.2, 0.25) is 0 Å². The third kappa shape index (κ3) is 3.31. The van der Waals surface area contributed by atoms with E-state index in [1.807, 2.05) is 56.3 Å². The predicted octanol–water partition coefficient (Wildman–Crippen LogP) is 3.52. The minimum absolute atomic E-state index is 0.0616. The standard InChI is InChI=1S/C18H21NO2/c1-12-11-15(21-3)9-10-16(12)18(20)13(2)17(19)14-7-5-4-6-8-14/h4-11,13,17H,19H2,1-3H3. The lowest BCUT2D eigenvalue weighted by atomic mass is 9.87. The molecule has 0 heterocycles. The van der Waals surface area contributed by atoms with Crippen molar-refractivity contribution in [3.05, 3.63) is 65.2 Å². The van der Waals surface area contributed by atoms with Gasteiger partial charge in [-0.3, -0.25) is 4.79 Å². The highest BCUT2D eigenvalue weighted by Crippen LogP contribution is 2.25. The lowest BCUT2D eigenvalue weighted by Crippen LogP contribution is -2.26. The summed E-state index contributed by atoms with van der Waals surface area (Å²) in [6.45, 7) is 3.79. The van der Waals surface area contributed by atoms with Crippen molar-refractivity contribution in [3.63, 3.8) is 0 Å². The Labute approximate surface area is 125 Å². The fourth-order valence-corrected chi connectivity index (χ4v) is 2.41. The minimum Gasteiger partial charge on any atom is -0.497 e. The number of nitrogens with two attached hydrogens (primary N) is 1. The SMILES string of the molecule is COc1ccc(C(=O)C(C)C(N)c2ccccc2)c(C)c1. The Hall–Kier alpha value is -2.13. The lowest BCUT2D eigenvalue weighted by molar-refractivity contribution is 0.0912. The summed E-state index contributed by atoms with van der Waals surface area (Å²) >= 11 is 0. The Kier molecular flexibility index (Phi) is 4.76. The summed E-state index contributed by atoms with van der Waals surface area (Å²) in [6, 6.07) is 14.9. The van der Waals surface area contributed by atoms with Crippen molar-refractivity contribution in [1.29, 1.82) is 0 Å². The van der Waals surface area contributed by atoms with Gasteiger partial charge in [0.1, 0.15) is 5.75 Å². The average Bonchev–Trinajstić information content (AvgIpc) is 2.53. The first-order valence-electron chi connectivity index (χ1n) is 7.04. The zero-order valence-electron chi connectivity index (χ0n) is 12.7. The molecule has 3 nitrogen and oxygen atoms in total. The second-order valence-electron chi connectivity index (χ2n) is 5.27. The van der Waals surface area contributed by atoms with Crippen molar-refractivity contribution < 1.29 is 9.53 Å². The number of methoxy groups -OCH3 is 1. The summed E-state index contributed by atoms with van der Waals surface area (Å²) in [5, 5.41) is 0. The summed E-state index contributed by atoms with van der Waals surface area (Å²) in [7, 11) is 1.62. The Morgan fingerprint density at radius 2 is 1.81 bits per heavy atom. The van der Waals surface area contributed by atoms with Crippen LogP contribution in [0.3, 0.4) is 0 Å². The zero-order valence-corrected chi connectivity index (χ0v) is 12.7. The van der Waals surface area contributed by atoms with Crippen LogP contribution in [0.15, 0.2) is 48.5 Å². The quantitative estimate of drug-likeness (QED) is 0.854. The number of aryl methyl sites for hydroxylation is 1. The summed E-state index contributed by atoms with van der Waals surface area (Å²) in [5.74, 6) is 0.537. The fraction of sp³-hybridized carbons (Fsp3) is 0.278. The molecule has 0 saturated heterocycles. The van der Waals surface area contributed by atoms with Gasteiger partial charge in [0.15, 0.2) is 5.78 Å². The van der Waals surface area contributed by atoms with Gasteiger partial charge in [-0.05, 0) is 36.2 Å². The molecule has 21 heavy (non-hydrogen) atoms. The van der Waals surface area contributed by atoms with E-state index in [9.17, 15) is 4.79 Å². The number of carbonyl (C=O) groups is 1. The van der Waals surface area contributed by atoms with Crippen molar-refractivity contribution in [2.75, 3.05) is 7.11 Å². The molecule has 3 heteroatoms. The van der Waals surface area contributed by atoms with Gasteiger partial charge in [-0.25, -0.2) is 0 Å². The Bertz CT molecular complexity index is 622. The molecular weight excluding hydrogens is 262 g/mol. The van der Waals surface area contributed by atoms with E-state index in [-0.39, 0.29) is 17.7 Å². The van der Waals surface area contributed by atoms with Crippen LogP contribution in [-0.2, 0) is 0 Å². The largest absolute Gasteiger partial charge is 0.497 e. The summed E-state index contributed by atoms with van der Waals surface area (Å²) in [4.78, 5) is 12.7. The predicted molar refractivity (Wildman–Crippen MR) is 84.6 cm³/mol. The Morgan fingerprint density at radius 3 is 2.38 bits per heavy atom. The molecule has 2 rings (SSSR count). The van der Waals surface area contributed by atoms with E-state index < -0.39 is 0 Å². The van der Waals surface area contributed by atoms with Gasteiger partial charge in [0.2, 0.25) is 0 Å². The van der Waals surface area contributed by atoms with Gasteiger partial charge in [0.05, 0.1) is 7.11 Å². The van der Waals surface area contributed by atoms with Gasteiger partial charge < -0.3 is 10.5 Å². The third-order valence-electron chi connectivity index (χ3n) is 3.84. The summed E-state index contributed by atoms with van der Waals surface area (Å²) in [6.07, 6.45) is 0. The smallest absolute Gasteiger partial charge is 0.167 e. The van der Waals surface area contributed by atoms with Crippen LogP contribution in [0.25, 0.3) is 0 Å². The molecule has 0 fully saturated rings. The molecule has 0 aromatic heterocycles. The number of ketones is 1. The van der Waals surface area contributed by atoms with E-state index in [1.54, 1.807) is 13.2 Å². The van der Waals surface area contributed by atoms with Gasteiger partial charge in [0, 0.05) is 17.5 Å². The molecule has 2 atom stereocenters. The van der Waals surface area contributed by atoms with Gasteiger partial charge >= 0.3 is 0 Å². The molecule has 2 aromatic rings. The molecule has 0 spiro atoms. The molecule has 110 valence electrons. The first-order valence-corrected chi connectivity index (χ1v) is 7.04. The van der Waals surface area contributed by atoms with E-state index >= 15 is 0 Å². The van der Waals surface area contributed by atoms with Crippen LogP contribution in [0.1, 0.15) is 34.5 Å². The number of Topliss-reactive ketones (excluding diaryl/α,β-unsaturated/α-hetero) is 1. The van der Waals surface area contributed by atoms with Crippen LogP contribution in [-0.4, -0.2) is 12.9 Å². The molecule has 0 amide bonds. The van der Waals surface area contributed by atoms with E-state index in [1.165, 1.54) is 0 Å². The molecule has 0 aliphatic rings. The Balaban J connectivity index is 2.23. The van der Waals surface area contributed by atoms with E-state index in [2.05, 4.69) is 0 Å². The number of benzene rings is 2. The fourth-order valence-electron chi connectivity index (χ4n) is 2.41. The molecule has 2 N–H and O–H groups in total. The van der Waals surface area contributed by atoms with Crippen molar-refractivity contribution in [1.82, 2.24) is 0 Å². The first kappa shape index (κ1) is 15.3. The van der Waals surface area contributed by atoms with E-state index in [0.29, 0.717) is 5.56 Å². The monoisotopic (exact) mass is 283 g/mol. The maximum absolute atomic E-state index is 12.7. The number of hydrogen-bond acceptors (Lipinski definition) is 3. The maximum Gasteiger partial charge on any atom is 0.167 e. The minimum atomic E-state index is -0.305. The van der Waals surface area contributed by atoms with Crippen LogP contribution < -0.4 is 10.5 Å². The van der Waals surface area contributed by atoms with Crippen LogP contribution in [0.4, 0.5) is 0 Å². The normalized spacial score (nSPS) is 13.5. The molecular formula is C18H21NO2. The topological polar surface area (TPSA) is 52.3 Å². The second-order valence-corrected chi connectivity index (χ2v) is 5.27. The van der Waals surface area contributed by atoms with Gasteiger partial charge in [-0.1, -0.05) is 37.3 Å². The highest BCUT2D eigenvalue weighted by atomic mass is 16.5. The summed E-state index contributed by atoms with van der Waals surface area (Å²) < 4.78 is 5.17. The first-order chi connectivity index (χ1) is 10.0. The van der Waals surface area contributed by atoms with Gasteiger partial charge in [0.25, 0.3) is 0 Å². The highest BCUT2D eigenvalue weighted by Gasteiger charge is 2.24. The number of rotatable bonds is 5. The highest BCUT2D eigenvalue weighted by molar-refractivity contribution is 5.99. The molecule has 0 aliphatic heterocycles. The van der Waals surface area contributed by atoms with Crippen molar-refractivity contribution >= 4 is 5.78 Å². The van der Waals surface area contributed by atoms with Crippen molar-refractivity contribution in [3.8, 4) is 5.75 Å². The van der Waals surface area contributed by atoms with Crippen LogP contribution in [0.5, 0.6) is 5.75 Å². The lowest BCUT2D eigenvalue weighted by Gasteiger charge is -2.20. The van der Waals surface area contributed by atoms with Crippen molar-refractivity contribution in [2.45, 2.75) is 19.9 Å². The second kappa shape index (κ2) is 6.55. The van der Waals surface area contributed by atoms with E-state index in [0.717, 1.165) is 16.9 Å². The number of ether oxygens (including phenoxy) is 1. The van der Waals surface area contributed by atoms with Gasteiger partial charge in [-0.2, -0.15) is 0 Å². The number of carbonyl (C=O) groups excluding carboxylic acids is 1. The summed E-state index contributed by atoms with van der Waals surface area (Å²) in [5.41, 5.74) is 8.83. The Morgan fingerprint density at radius 1 is 1.14 bits per heavy atom. The van der Waals surface area contributed by atoms with Gasteiger partial charge in [-0.15, -0.1) is 0 Å². The molecule has 0 aliphatic carbocycles. The molecule has 0 saturated carbocycles. The zero-order chi connectivity index (χ0) is 15.4. The van der Waals surface area contributed by atoms with Crippen LogP contribution >= 0.6 is 0 Å². The molecule has 2 aromatic carbocycles. The average molecular weight is 283 g/mol.